The summed E-state index contributed by atoms with van der Waals surface area (Å²) in [5, 5.41) is 0. The van der Waals surface area contributed by atoms with Crippen molar-refractivity contribution in [2.45, 2.75) is 142 Å². The fourth-order valence-electron chi connectivity index (χ4n) is 9.21. The fraction of sp³-hybridized carbons (Fsp3) is 0.480. The summed E-state index contributed by atoms with van der Waals surface area (Å²) in [5.74, 6) is 1.59. The minimum atomic E-state index is -0.549. The molecule has 11 nitrogen and oxygen atoms in total. The number of amides is 2. The van der Waals surface area contributed by atoms with Crippen LogP contribution in [0.5, 0.6) is 0 Å². The second-order valence-corrected chi connectivity index (χ2v) is 20.1. The zero-order valence-corrected chi connectivity index (χ0v) is 37.4. The van der Waals surface area contributed by atoms with Crippen LogP contribution in [0.15, 0.2) is 85.2 Å². The van der Waals surface area contributed by atoms with Gasteiger partial charge in [0.15, 0.2) is 0 Å². The summed E-state index contributed by atoms with van der Waals surface area (Å²) < 4.78 is 11.4. The summed E-state index contributed by atoms with van der Waals surface area (Å²) in [4.78, 5) is 48.8. The molecule has 3 aromatic carbocycles. The lowest BCUT2D eigenvalue weighted by atomic mass is 9.87. The Morgan fingerprint density at radius 1 is 0.557 bits per heavy atom. The van der Waals surface area contributed by atoms with E-state index in [9.17, 15) is 9.59 Å². The summed E-state index contributed by atoms with van der Waals surface area (Å²) in [6.45, 7) is 19.5. The highest BCUT2D eigenvalue weighted by atomic mass is 16.6. The molecule has 322 valence electrons. The number of hydrogen-bond donors (Lipinski definition) is 2. The molecule has 5 heterocycles. The number of nitrogens with zero attached hydrogens (tertiary/aromatic N) is 5. The molecule has 3 saturated heterocycles. The molecule has 0 bridgehead atoms. The molecule has 3 aliphatic rings. The van der Waals surface area contributed by atoms with Crippen LogP contribution in [0, 0.1) is 0 Å². The van der Waals surface area contributed by atoms with Gasteiger partial charge in [-0.15, -0.1) is 0 Å². The quantitative estimate of drug-likeness (QED) is 0.168. The van der Waals surface area contributed by atoms with Crippen molar-refractivity contribution < 1.29 is 19.1 Å². The number of carbonyl (C=O) groups excluding carboxylic acids is 2. The van der Waals surface area contributed by atoms with E-state index in [1.54, 1.807) is 9.80 Å². The third-order valence-corrected chi connectivity index (χ3v) is 12.2. The van der Waals surface area contributed by atoms with Gasteiger partial charge in [0.2, 0.25) is 0 Å². The fourth-order valence-corrected chi connectivity index (χ4v) is 9.21. The van der Waals surface area contributed by atoms with E-state index in [1.165, 1.54) is 22.4 Å². The van der Waals surface area contributed by atoms with Gasteiger partial charge in [0.1, 0.15) is 22.9 Å². The molecule has 3 aliphatic heterocycles. The Bertz CT molecular complexity index is 2170. The highest BCUT2D eigenvalue weighted by Gasteiger charge is 2.38. The molecule has 2 amide bonds. The van der Waals surface area contributed by atoms with Gasteiger partial charge < -0.3 is 24.3 Å². The first-order valence-electron chi connectivity index (χ1n) is 22.1. The number of rotatable bonds is 7. The van der Waals surface area contributed by atoms with Crippen molar-refractivity contribution in [2.24, 2.45) is 0 Å². The van der Waals surface area contributed by atoms with E-state index in [4.69, 9.17) is 19.4 Å². The molecule has 2 N–H and O–H groups in total. The maximum Gasteiger partial charge on any atom is 0.410 e. The van der Waals surface area contributed by atoms with Crippen molar-refractivity contribution in [1.82, 2.24) is 29.7 Å². The molecule has 0 aliphatic carbocycles. The normalized spacial score (nSPS) is 21.0. The van der Waals surface area contributed by atoms with Gasteiger partial charge in [-0.3, -0.25) is 9.80 Å². The molecule has 0 spiro atoms. The van der Waals surface area contributed by atoms with Gasteiger partial charge in [-0.05, 0) is 125 Å². The minimum absolute atomic E-state index is 0.0602. The first-order chi connectivity index (χ1) is 28.9. The molecule has 0 saturated carbocycles. The number of likely N-dealkylation sites (tertiary alicyclic amines) is 2. The average Bonchev–Trinajstić information content (AvgIpc) is 4.05. The summed E-state index contributed by atoms with van der Waals surface area (Å²) in [6, 6.07) is 27.0. The summed E-state index contributed by atoms with van der Waals surface area (Å²) in [5.41, 5.74) is 8.01. The number of H-pyrrole nitrogens is 2. The summed E-state index contributed by atoms with van der Waals surface area (Å²) in [6.07, 6.45) is 8.75. The number of aromatic nitrogens is 4. The van der Waals surface area contributed by atoms with Crippen molar-refractivity contribution in [1.29, 1.82) is 0 Å². The van der Waals surface area contributed by atoms with E-state index in [0.717, 1.165) is 72.7 Å². The number of nitrogens with one attached hydrogen (secondary N) is 2. The van der Waals surface area contributed by atoms with Crippen LogP contribution in [0.4, 0.5) is 15.3 Å². The lowest BCUT2D eigenvalue weighted by Crippen LogP contribution is -2.36. The number of anilines is 1. The summed E-state index contributed by atoms with van der Waals surface area (Å²) in [7, 11) is 0. The van der Waals surface area contributed by atoms with Gasteiger partial charge in [0.25, 0.3) is 0 Å². The zero-order valence-electron chi connectivity index (χ0n) is 37.4. The van der Waals surface area contributed by atoms with E-state index < -0.39 is 11.2 Å². The molecule has 0 radical (unpaired) electrons. The first kappa shape index (κ1) is 42.1. The Balaban J connectivity index is 1.01. The van der Waals surface area contributed by atoms with Gasteiger partial charge in [0.05, 0.1) is 47.9 Å². The van der Waals surface area contributed by atoms with Gasteiger partial charge in [-0.25, -0.2) is 19.6 Å². The molecular weight excluding hydrogens is 763 g/mol. The predicted octanol–water partition coefficient (Wildman–Crippen LogP) is 12.0. The first-order valence-corrected chi connectivity index (χ1v) is 22.1. The molecule has 11 heteroatoms. The van der Waals surface area contributed by atoms with E-state index in [0.29, 0.717) is 13.1 Å². The molecule has 2 aromatic heterocycles. The van der Waals surface area contributed by atoms with Crippen LogP contribution in [0.25, 0.3) is 22.5 Å². The largest absolute Gasteiger partial charge is 0.444 e. The smallest absolute Gasteiger partial charge is 0.410 e. The third kappa shape index (κ3) is 9.21. The van der Waals surface area contributed by atoms with Crippen LogP contribution in [0.2, 0.25) is 0 Å². The molecule has 4 atom stereocenters. The van der Waals surface area contributed by atoms with Crippen molar-refractivity contribution >= 4 is 17.9 Å². The van der Waals surface area contributed by atoms with Gasteiger partial charge >= 0.3 is 12.2 Å². The zero-order chi connectivity index (χ0) is 43.3. The van der Waals surface area contributed by atoms with Crippen LogP contribution in [0.1, 0.15) is 153 Å². The summed E-state index contributed by atoms with van der Waals surface area (Å²) >= 11 is 0. The second kappa shape index (κ2) is 16.4. The molecule has 3 unspecified atom stereocenters. The molecule has 5 aromatic rings. The van der Waals surface area contributed by atoms with Gasteiger partial charge in [0, 0.05) is 18.8 Å². The number of benzene rings is 3. The Hall–Kier alpha value is -5.58. The lowest BCUT2D eigenvalue weighted by Gasteiger charge is -2.34. The monoisotopic (exact) mass is 825 g/mol. The maximum absolute atomic E-state index is 13.0. The van der Waals surface area contributed by atoms with Crippen LogP contribution in [0.3, 0.4) is 0 Å². The van der Waals surface area contributed by atoms with Crippen LogP contribution < -0.4 is 4.90 Å². The predicted molar refractivity (Wildman–Crippen MR) is 240 cm³/mol. The van der Waals surface area contributed by atoms with Gasteiger partial charge in [-0.1, -0.05) is 81.4 Å². The highest BCUT2D eigenvalue weighted by molar-refractivity contribution is 5.70. The highest BCUT2D eigenvalue weighted by Crippen LogP contribution is 2.48. The van der Waals surface area contributed by atoms with Crippen LogP contribution in [-0.4, -0.2) is 66.2 Å². The minimum Gasteiger partial charge on any atom is -0.444 e. The second-order valence-electron chi connectivity index (χ2n) is 20.1. The van der Waals surface area contributed by atoms with Gasteiger partial charge in [-0.2, -0.15) is 0 Å². The van der Waals surface area contributed by atoms with Crippen molar-refractivity contribution in [3.63, 3.8) is 0 Å². The van der Waals surface area contributed by atoms with Crippen LogP contribution in [-0.2, 0) is 14.9 Å². The standard InChI is InChI=1S/C50H63N7O4/c1-48(2,3)36-22-24-37(25-23-36)57-40(34-18-14-32(15-19-34)38-30-51-44(53-38)42-12-10-28-55(42)46(58)60-49(4,5)6)26-27-41(57)35-20-16-33(17-21-35)39-31-52-45(54-39)43-13-11-29-56(43)47(59)61-50(7,8)9/h14-25,30-31,40-43H,10-13,26-29H2,1-9H3,(H,51,53)(H,52,54)/t40?,41?,42-,43?/m0/s1. The van der Waals surface area contributed by atoms with E-state index in [1.807, 2.05) is 53.9 Å². The van der Waals surface area contributed by atoms with Crippen molar-refractivity contribution in [2.75, 3.05) is 18.0 Å². The topological polar surface area (TPSA) is 120 Å². The lowest BCUT2D eigenvalue weighted by molar-refractivity contribution is 0.0208. The SMILES string of the molecule is CC(C)(C)OC(=O)N1CCCC1c1ncc(-c2ccc(C3CCC(c4ccc(-c5cnc([C@@H]6CCCN6C(=O)OC(C)(C)C)[nH]5)cc4)N3c3ccc(C(C)(C)C)cc3)cc2)[nH]1. The Morgan fingerprint density at radius 3 is 1.34 bits per heavy atom. The number of hydrogen-bond acceptors (Lipinski definition) is 7. The number of imidazole rings is 2. The Labute approximate surface area is 361 Å². The van der Waals surface area contributed by atoms with Crippen molar-refractivity contribution in [3.8, 4) is 22.5 Å². The molecule has 8 rings (SSSR count). The van der Waals surface area contributed by atoms with Crippen LogP contribution >= 0.6 is 0 Å². The Kier molecular flexibility index (Phi) is 11.3. The Morgan fingerprint density at radius 2 is 0.967 bits per heavy atom. The van der Waals surface area contributed by atoms with E-state index >= 15 is 0 Å². The molecule has 61 heavy (non-hydrogen) atoms. The maximum atomic E-state index is 13.0. The number of carbonyl (C=O) groups is 2. The average molecular weight is 826 g/mol. The van der Waals surface area contributed by atoms with E-state index in [2.05, 4.69) is 108 Å². The van der Waals surface area contributed by atoms with Crippen molar-refractivity contribution in [3.05, 3.63) is 114 Å². The third-order valence-electron chi connectivity index (χ3n) is 12.2. The van der Waals surface area contributed by atoms with E-state index in [-0.39, 0.29) is 41.8 Å². The molecular formula is C50H63N7O4. The molecule has 3 fully saturated rings. The number of ether oxygens (including phenoxy) is 2. The number of aromatic amines is 2.